The molecule has 5 aromatic rings. The number of aromatic nitrogens is 13. The molecule has 0 amide bonds. The zero-order valence-electron chi connectivity index (χ0n) is 33.4. The molecule has 0 aliphatic heterocycles. The Morgan fingerprint density at radius 1 is 0.447 bits per heavy atom. The molecule has 0 saturated heterocycles. The van der Waals surface area contributed by atoms with Crippen LogP contribution in [-0.2, 0) is 14.1 Å². The highest BCUT2D eigenvalue weighted by molar-refractivity contribution is 4.80. The molecule has 5 heterocycles. The van der Waals surface area contributed by atoms with Crippen molar-refractivity contribution in [2.75, 3.05) is 0 Å². The van der Waals surface area contributed by atoms with Gasteiger partial charge in [-0.2, -0.15) is 15.3 Å². The maximum absolute atomic E-state index is 3.72. The lowest BCUT2D eigenvalue weighted by Gasteiger charge is -1.81. The van der Waals surface area contributed by atoms with Crippen LogP contribution in [-0.4, -0.2) is 65.1 Å². The van der Waals surface area contributed by atoms with Crippen molar-refractivity contribution in [3.05, 3.63) is 92.6 Å². The zero-order chi connectivity index (χ0) is 38.4. The lowest BCUT2D eigenvalue weighted by molar-refractivity contribution is 0.695. The molecule has 0 atom stereocenters. The number of tetrazole rings is 1. The first kappa shape index (κ1) is 61.5. The van der Waals surface area contributed by atoms with Crippen LogP contribution < -0.4 is 0 Å². The van der Waals surface area contributed by atoms with Gasteiger partial charge in [0.2, 0.25) is 0 Å². The van der Waals surface area contributed by atoms with Gasteiger partial charge in [-0.1, -0.05) is 111 Å². The van der Waals surface area contributed by atoms with Gasteiger partial charge in [0.1, 0.15) is 24.8 Å². The third kappa shape index (κ3) is 69.6. The Kier molecular flexibility index (Phi) is 102. The number of rotatable bonds is 0. The number of hydrogen-bond donors (Lipinski definition) is 0. The minimum Gasteiger partial charge on any atom is -0.262 e. The predicted molar refractivity (Wildman–Crippen MR) is 201 cm³/mol. The molecule has 0 aliphatic carbocycles. The lowest BCUT2D eigenvalue weighted by Crippen LogP contribution is -1.92. The molecule has 47 heavy (non-hydrogen) atoms. The monoisotopic (exact) mass is 662 g/mol. The Labute approximate surface area is 289 Å². The normalized spacial score (nSPS) is 6.62. The van der Waals surface area contributed by atoms with Crippen LogP contribution in [0.4, 0.5) is 0 Å². The summed E-state index contributed by atoms with van der Waals surface area (Å²) < 4.78 is 3.25. The zero-order valence-corrected chi connectivity index (χ0v) is 33.4. The van der Waals surface area contributed by atoms with Gasteiger partial charge in [0.15, 0.2) is 0 Å². The minimum absolute atomic E-state index is 0.833. The van der Waals surface area contributed by atoms with E-state index in [0.29, 0.717) is 0 Å². The first-order valence-electron chi connectivity index (χ1n) is 16.8. The van der Waals surface area contributed by atoms with E-state index in [4.69, 9.17) is 0 Å². The van der Waals surface area contributed by atoms with E-state index in [1.165, 1.54) is 12.7 Å². The molecule has 0 bridgehead atoms. The van der Waals surface area contributed by atoms with Crippen molar-refractivity contribution >= 4 is 0 Å². The minimum atomic E-state index is 0.833. The maximum atomic E-state index is 3.72. The largest absolute Gasteiger partial charge is 0.262 e. The van der Waals surface area contributed by atoms with Crippen LogP contribution in [0.15, 0.2) is 86.8 Å². The summed E-state index contributed by atoms with van der Waals surface area (Å²) in [5.74, 6) is 0.833. The standard InChI is InChI=1S/3C4H4N2.C3H6N4.C3H5N3.8C2H6/c1-2-6-4-3-5-1;1-2-5-4-6-3-1;1-2-4-6-5-3-1;1-3-4-5-6-7(3)2;1-6-3-4-2-5-6;8*1-2/h3*1-4H;1-2H3;2-3H,1H3;8*1-2H3. The Morgan fingerprint density at radius 2 is 0.851 bits per heavy atom. The van der Waals surface area contributed by atoms with Crippen LogP contribution in [0.5, 0.6) is 0 Å². The molecule has 272 valence electrons. The van der Waals surface area contributed by atoms with Crippen molar-refractivity contribution in [1.29, 1.82) is 0 Å². The molecule has 13 nitrogen and oxygen atoms in total. The summed E-state index contributed by atoms with van der Waals surface area (Å²) in [6.45, 7) is 33.8. The number of aryl methyl sites for hydroxylation is 3. The van der Waals surface area contributed by atoms with E-state index in [2.05, 4.69) is 55.7 Å². The molecule has 0 saturated carbocycles. The van der Waals surface area contributed by atoms with Gasteiger partial charge >= 0.3 is 0 Å². The Morgan fingerprint density at radius 3 is 0.957 bits per heavy atom. The molecular weight excluding hydrogens is 590 g/mol. The summed E-state index contributed by atoms with van der Waals surface area (Å²) in [5, 5.41) is 21.4. The van der Waals surface area contributed by atoms with Crippen molar-refractivity contribution in [2.45, 2.75) is 118 Å². The smallest absolute Gasteiger partial charge is 0.147 e. The second-order valence-electron chi connectivity index (χ2n) is 5.13. The van der Waals surface area contributed by atoms with Crippen LogP contribution >= 0.6 is 0 Å². The van der Waals surface area contributed by atoms with Gasteiger partial charge < -0.3 is 0 Å². The quantitative estimate of drug-likeness (QED) is 0.156. The highest BCUT2D eigenvalue weighted by Crippen LogP contribution is 1.78. The first-order valence-corrected chi connectivity index (χ1v) is 16.8. The second kappa shape index (κ2) is 78.2. The molecule has 0 N–H and O–H groups in total. The molecule has 0 unspecified atom stereocenters. The third-order valence-electron chi connectivity index (χ3n) is 2.80. The molecule has 0 aromatic carbocycles. The Balaban J connectivity index is -0.0000000610. The summed E-state index contributed by atoms with van der Waals surface area (Å²) >= 11 is 0. The van der Waals surface area contributed by atoms with Crippen LogP contribution in [0, 0.1) is 6.92 Å². The summed E-state index contributed by atoms with van der Waals surface area (Å²) in [5.41, 5.74) is 0. The van der Waals surface area contributed by atoms with E-state index in [-0.39, 0.29) is 0 Å². The van der Waals surface area contributed by atoms with Crippen molar-refractivity contribution in [3.63, 3.8) is 0 Å². The lowest BCUT2D eigenvalue weighted by atomic mass is 10.6. The van der Waals surface area contributed by atoms with Crippen LogP contribution in [0.25, 0.3) is 0 Å². The molecule has 0 aliphatic rings. The summed E-state index contributed by atoms with van der Waals surface area (Å²) in [4.78, 5) is 18.5. The van der Waals surface area contributed by atoms with Gasteiger partial charge in [-0.3, -0.25) is 14.6 Å². The van der Waals surface area contributed by atoms with Gasteiger partial charge in [-0.05, 0) is 35.5 Å². The molecular formula is C34H71N13. The third-order valence-corrected chi connectivity index (χ3v) is 2.80. The first-order chi connectivity index (χ1) is 23.2. The van der Waals surface area contributed by atoms with E-state index >= 15 is 0 Å². The predicted octanol–water partition coefficient (Wildman–Crippen LogP) is 8.97. The number of hydrogen-bond acceptors (Lipinski definition) is 11. The summed E-state index contributed by atoms with van der Waals surface area (Å²) in [6.07, 6.45) is 17.8. The fourth-order valence-corrected chi connectivity index (χ4v) is 1.30. The average molecular weight is 662 g/mol. The molecule has 13 heteroatoms. The Bertz CT molecular complexity index is 799. The highest BCUT2D eigenvalue weighted by atomic mass is 15.5. The number of nitrogens with zero attached hydrogens (tertiary/aromatic N) is 13. The fraction of sp³-hybridized carbons (Fsp3) is 0.559. The van der Waals surface area contributed by atoms with E-state index in [0.717, 1.165) is 5.82 Å². The van der Waals surface area contributed by atoms with Gasteiger partial charge in [-0.25, -0.2) is 19.6 Å². The Hall–Kier alpha value is -4.55. The molecule has 5 aromatic heterocycles. The molecule has 0 spiro atoms. The molecule has 0 fully saturated rings. The van der Waals surface area contributed by atoms with Crippen LogP contribution in [0.3, 0.4) is 0 Å². The van der Waals surface area contributed by atoms with Gasteiger partial charge in [0, 0.05) is 63.7 Å². The van der Waals surface area contributed by atoms with E-state index in [9.17, 15) is 0 Å². The van der Waals surface area contributed by atoms with Gasteiger partial charge in [0.05, 0.1) is 0 Å². The molecule has 5 rings (SSSR count). The van der Waals surface area contributed by atoms with Crippen LogP contribution in [0.2, 0.25) is 0 Å². The van der Waals surface area contributed by atoms with E-state index < -0.39 is 0 Å². The fourth-order valence-electron chi connectivity index (χ4n) is 1.30. The van der Waals surface area contributed by atoms with Crippen LogP contribution in [0.1, 0.15) is 117 Å². The van der Waals surface area contributed by atoms with Crippen molar-refractivity contribution in [3.8, 4) is 0 Å². The second-order valence-corrected chi connectivity index (χ2v) is 5.13. The molecule has 0 radical (unpaired) electrons. The van der Waals surface area contributed by atoms with Crippen molar-refractivity contribution < 1.29 is 0 Å². The highest BCUT2D eigenvalue weighted by Gasteiger charge is 1.87. The average Bonchev–Trinajstić information content (AvgIpc) is 3.87. The summed E-state index contributed by atoms with van der Waals surface area (Å²) in [6, 6.07) is 5.43. The van der Waals surface area contributed by atoms with E-state index in [1.54, 1.807) is 78.4 Å². The maximum Gasteiger partial charge on any atom is 0.147 e. The van der Waals surface area contributed by atoms with E-state index in [1.807, 2.05) is 137 Å². The van der Waals surface area contributed by atoms with Crippen molar-refractivity contribution in [2.24, 2.45) is 14.1 Å². The SMILES string of the molecule is CC.CC.CC.CC.CC.CC.CC.CC.Cc1nnnn1C.Cn1cncn1.c1ccnnc1.c1cnccn1.c1cncnc1. The van der Waals surface area contributed by atoms with Gasteiger partial charge in [0.25, 0.3) is 0 Å². The van der Waals surface area contributed by atoms with Crippen molar-refractivity contribution in [1.82, 2.24) is 65.1 Å². The summed E-state index contributed by atoms with van der Waals surface area (Å²) in [7, 11) is 3.63. The van der Waals surface area contributed by atoms with Gasteiger partial charge in [-0.15, -0.1) is 5.10 Å². The topological polar surface area (TPSA) is 152 Å².